The molecule has 1 saturated heterocycles. The Morgan fingerprint density at radius 3 is 2.62 bits per heavy atom. The van der Waals surface area contributed by atoms with E-state index in [-0.39, 0.29) is 38.0 Å². The quantitative estimate of drug-likeness (QED) is 0.435. The molecule has 1 aromatic carbocycles. The topological polar surface area (TPSA) is 114 Å². The second kappa shape index (κ2) is 9.50. The van der Waals surface area contributed by atoms with Crippen molar-refractivity contribution in [2.75, 3.05) is 26.4 Å². The summed E-state index contributed by atoms with van der Waals surface area (Å²) < 4.78 is 28.2. The zero-order valence-corrected chi connectivity index (χ0v) is 15.6. The van der Waals surface area contributed by atoms with Gasteiger partial charge in [-0.15, -0.1) is 0 Å². The van der Waals surface area contributed by atoms with Crippen molar-refractivity contribution >= 4 is 14.4 Å². The first-order chi connectivity index (χ1) is 12.5. The van der Waals surface area contributed by atoms with Gasteiger partial charge in [0.15, 0.2) is 14.8 Å². The van der Waals surface area contributed by atoms with Gasteiger partial charge in [0.2, 0.25) is 5.34 Å². The van der Waals surface area contributed by atoms with Crippen molar-refractivity contribution in [3.8, 4) is 0 Å². The maximum absolute atomic E-state index is 11.7. The molecule has 3 N–H and O–H groups in total. The first-order valence-corrected chi connectivity index (χ1v) is 9.25. The molecule has 0 bridgehead atoms. The molecule has 26 heavy (non-hydrogen) atoms. The predicted octanol–water partition coefficient (Wildman–Crippen LogP) is 1.79. The van der Waals surface area contributed by atoms with Crippen LogP contribution in [0.15, 0.2) is 24.3 Å². The van der Waals surface area contributed by atoms with Crippen LogP contribution in [0.2, 0.25) is 0 Å². The summed E-state index contributed by atoms with van der Waals surface area (Å²) in [5, 5.41) is 21.3. The van der Waals surface area contributed by atoms with Crippen LogP contribution >= 0.6 is 8.46 Å². The monoisotopic (exact) mass is 385 g/mol. The number of rotatable bonds is 9. The summed E-state index contributed by atoms with van der Waals surface area (Å²) in [6.45, 7) is 4.44. The van der Waals surface area contributed by atoms with E-state index in [1.165, 1.54) is 6.07 Å². The number of carboxylic acid groups (broad SMARTS) is 1. The van der Waals surface area contributed by atoms with E-state index in [9.17, 15) is 14.5 Å². The van der Waals surface area contributed by atoms with Gasteiger partial charge in [0.25, 0.3) is 0 Å². The second-order valence-electron chi connectivity index (χ2n) is 5.83. The predicted molar refractivity (Wildman–Crippen MR) is 93.5 cm³/mol. The maximum atomic E-state index is 11.7. The van der Waals surface area contributed by atoms with E-state index in [0.29, 0.717) is 0 Å². The van der Waals surface area contributed by atoms with Gasteiger partial charge in [0.05, 0.1) is 18.2 Å². The van der Waals surface area contributed by atoms with E-state index in [4.69, 9.17) is 19.3 Å². The third-order valence-electron chi connectivity index (χ3n) is 4.15. The molecular weight excluding hydrogens is 361 g/mol. The van der Waals surface area contributed by atoms with Crippen molar-refractivity contribution in [1.82, 2.24) is 5.32 Å². The van der Waals surface area contributed by atoms with Crippen molar-refractivity contribution in [2.24, 2.45) is 0 Å². The van der Waals surface area contributed by atoms with Crippen LogP contribution in [-0.2, 0) is 18.8 Å². The van der Waals surface area contributed by atoms with E-state index in [1.807, 2.05) is 0 Å². The molecule has 3 atom stereocenters. The first-order valence-electron chi connectivity index (χ1n) is 8.44. The van der Waals surface area contributed by atoms with Gasteiger partial charge in [0, 0.05) is 19.8 Å². The highest BCUT2D eigenvalue weighted by Gasteiger charge is 2.49. The number of aromatic carboxylic acids is 1. The number of ether oxygens (including phenoxy) is 3. The minimum Gasteiger partial charge on any atom is -0.478 e. The second-order valence-corrected chi connectivity index (χ2v) is 6.73. The summed E-state index contributed by atoms with van der Waals surface area (Å²) in [6, 6.07) is 6.32. The largest absolute Gasteiger partial charge is 0.478 e. The van der Waals surface area contributed by atoms with Crippen LogP contribution in [-0.4, -0.2) is 60.3 Å². The van der Waals surface area contributed by atoms with Gasteiger partial charge in [-0.2, -0.15) is 0 Å². The lowest BCUT2D eigenvalue weighted by atomic mass is 10.0. The fourth-order valence-electron chi connectivity index (χ4n) is 2.80. The van der Waals surface area contributed by atoms with Crippen LogP contribution in [0.25, 0.3) is 0 Å². The number of nitrogens with one attached hydrogen (secondary N) is 1. The number of aliphatic hydroxyl groups is 1. The maximum Gasteiger partial charge on any atom is 0.335 e. The molecule has 0 amide bonds. The molecule has 9 heteroatoms. The van der Waals surface area contributed by atoms with Gasteiger partial charge < -0.3 is 29.7 Å². The lowest BCUT2D eigenvalue weighted by molar-refractivity contribution is -0.238. The molecule has 1 unspecified atom stereocenters. The molecule has 1 aliphatic rings. The highest BCUT2D eigenvalue weighted by molar-refractivity contribution is 7.25. The van der Waals surface area contributed by atoms with E-state index in [2.05, 4.69) is 5.32 Å². The Morgan fingerprint density at radius 2 is 2.12 bits per heavy atom. The Kier molecular flexibility index (Phi) is 7.64. The number of benzene rings is 1. The van der Waals surface area contributed by atoms with Gasteiger partial charge in [0.1, 0.15) is 6.10 Å². The fraction of sp³-hybridized carbons (Fsp3) is 0.588. The molecule has 0 spiro atoms. The van der Waals surface area contributed by atoms with E-state index in [1.54, 1.807) is 32.0 Å². The highest BCUT2D eigenvalue weighted by atomic mass is 31.1. The summed E-state index contributed by atoms with van der Waals surface area (Å²) in [5.41, 5.74) is 0.950. The molecule has 8 nitrogen and oxygen atoms in total. The van der Waals surface area contributed by atoms with Gasteiger partial charge in [-0.05, 0) is 31.5 Å². The molecular formula is C17H24NO7P. The van der Waals surface area contributed by atoms with Crippen LogP contribution in [0.3, 0.4) is 0 Å². The summed E-state index contributed by atoms with van der Waals surface area (Å²) in [4.78, 5) is 11.1. The summed E-state index contributed by atoms with van der Waals surface area (Å²) in [6.07, 6.45) is -1.90. The van der Waals surface area contributed by atoms with Crippen molar-refractivity contribution < 1.29 is 33.8 Å². The average Bonchev–Trinajstić information content (AvgIpc) is 2.67. The number of carbonyl (C=O) groups is 1. The first kappa shape index (κ1) is 20.9. The summed E-state index contributed by atoms with van der Waals surface area (Å²) in [5.74, 6) is -1.00. The van der Waals surface area contributed by atoms with Crippen LogP contribution < -0.4 is 5.32 Å². The van der Waals surface area contributed by atoms with Crippen LogP contribution in [0.4, 0.5) is 0 Å². The van der Waals surface area contributed by atoms with E-state index < -0.39 is 32.2 Å². The van der Waals surface area contributed by atoms with Crippen molar-refractivity contribution in [3.63, 3.8) is 0 Å². The molecule has 1 heterocycles. The van der Waals surface area contributed by atoms with Crippen molar-refractivity contribution in [3.05, 3.63) is 35.4 Å². The lowest BCUT2D eigenvalue weighted by Crippen LogP contribution is -2.58. The normalized spacial score (nSPS) is 23.1. The van der Waals surface area contributed by atoms with Gasteiger partial charge in [-0.1, -0.05) is 12.1 Å². The van der Waals surface area contributed by atoms with Gasteiger partial charge in [-0.25, -0.2) is 4.79 Å². The Bertz CT molecular complexity index is 615. The number of carboxylic acids is 1. The Balaban J connectivity index is 2.09. The smallest absolute Gasteiger partial charge is 0.335 e. The van der Waals surface area contributed by atoms with Crippen molar-refractivity contribution in [1.29, 1.82) is 0 Å². The molecule has 2 rings (SSSR count). The molecule has 0 aliphatic carbocycles. The number of hydrogen-bond donors (Lipinski definition) is 3. The Labute approximate surface area is 153 Å². The van der Waals surface area contributed by atoms with Crippen LogP contribution in [0.1, 0.15) is 35.8 Å². The third kappa shape index (κ3) is 4.65. The summed E-state index contributed by atoms with van der Waals surface area (Å²) >= 11 is 0. The lowest BCUT2D eigenvalue weighted by Gasteiger charge is -2.40. The minimum absolute atomic E-state index is 0.177. The molecule has 144 valence electrons. The van der Waals surface area contributed by atoms with Crippen LogP contribution in [0, 0.1) is 0 Å². The van der Waals surface area contributed by atoms with E-state index >= 15 is 0 Å². The Morgan fingerprint density at radius 1 is 1.42 bits per heavy atom. The molecule has 1 aliphatic heterocycles. The highest BCUT2D eigenvalue weighted by Crippen LogP contribution is 2.35. The molecule has 1 aromatic rings. The molecule has 0 saturated carbocycles. The van der Waals surface area contributed by atoms with E-state index in [0.717, 1.165) is 5.56 Å². The molecule has 1 fully saturated rings. The van der Waals surface area contributed by atoms with Gasteiger partial charge >= 0.3 is 5.97 Å². The zero-order valence-electron chi connectivity index (χ0n) is 14.8. The third-order valence-corrected chi connectivity index (χ3v) is 4.94. The van der Waals surface area contributed by atoms with Crippen molar-refractivity contribution in [2.45, 2.75) is 37.6 Å². The number of hydrogen-bond acceptors (Lipinski definition) is 7. The number of morpholine rings is 1. The minimum atomic E-state index is -1.85. The summed E-state index contributed by atoms with van der Waals surface area (Å²) in [7, 11) is -0.559. The Hall–Kier alpha value is -1.41. The average molecular weight is 385 g/mol. The molecule has 0 aromatic heterocycles. The SMILES string of the molecule is CCOC(OCC)C(O)(P=O)[C@H]1CN[C@H](c2cccc(C(=O)O)c2)CO1. The zero-order chi connectivity index (χ0) is 19.2. The van der Waals surface area contributed by atoms with Crippen LogP contribution in [0.5, 0.6) is 0 Å². The standard InChI is InChI=1S/C17H24NO7P/c1-3-23-16(24-4-2)17(21,26-22)14-9-18-13(10-25-14)11-6-5-7-12(8-11)15(19)20/h5-8,13-14,16,18,21H,3-4,9-10H2,1-2H3,(H,19,20)/t13-,14+,17?/m0/s1. The molecule has 0 radical (unpaired) electrons. The fourth-order valence-corrected chi connectivity index (χ4v) is 3.32. The van der Waals surface area contributed by atoms with Gasteiger partial charge in [-0.3, -0.25) is 4.57 Å².